The maximum Gasteiger partial charge on any atom is 0.246 e. The van der Waals surface area contributed by atoms with Crippen molar-refractivity contribution < 1.29 is 14.3 Å². The number of ether oxygens (including phenoxy) is 1. The normalized spacial score (nSPS) is 14.9. The monoisotopic (exact) mass is 378 g/mol. The van der Waals surface area contributed by atoms with E-state index in [2.05, 4.69) is 5.32 Å². The number of anilines is 1. The van der Waals surface area contributed by atoms with Crippen LogP contribution in [0.3, 0.4) is 0 Å². The molecular formula is C23H26N2O3. The zero-order chi connectivity index (χ0) is 19.9. The largest absolute Gasteiger partial charge is 0.495 e. The molecule has 1 fully saturated rings. The van der Waals surface area contributed by atoms with Crippen molar-refractivity contribution in [2.75, 3.05) is 25.5 Å². The number of hydrogen-bond acceptors (Lipinski definition) is 3. The fourth-order valence-electron chi connectivity index (χ4n) is 3.35. The summed E-state index contributed by atoms with van der Waals surface area (Å²) in [5.41, 5.74) is 2.75. The summed E-state index contributed by atoms with van der Waals surface area (Å²) < 4.78 is 5.33. The van der Waals surface area contributed by atoms with Crippen LogP contribution < -0.4 is 10.1 Å². The van der Waals surface area contributed by atoms with Crippen molar-refractivity contribution in [3.63, 3.8) is 0 Å². The molecule has 5 heteroatoms. The van der Waals surface area contributed by atoms with Crippen LogP contribution >= 0.6 is 0 Å². The summed E-state index contributed by atoms with van der Waals surface area (Å²) in [7, 11) is 1.59. The van der Waals surface area contributed by atoms with Gasteiger partial charge in [-0.2, -0.15) is 0 Å². The van der Waals surface area contributed by atoms with Gasteiger partial charge in [-0.3, -0.25) is 9.59 Å². The van der Waals surface area contributed by atoms with Gasteiger partial charge in [0.1, 0.15) is 5.75 Å². The third-order valence-corrected chi connectivity index (χ3v) is 5.01. The number of rotatable bonds is 5. The van der Waals surface area contributed by atoms with E-state index < -0.39 is 0 Å². The molecule has 1 aliphatic heterocycles. The Morgan fingerprint density at radius 3 is 2.50 bits per heavy atom. The molecule has 2 aromatic rings. The van der Waals surface area contributed by atoms with Crippen molar-refractivity contribution >= 4 is 23.6 Å². The first kappa shape index (κ1) is 19.7. The van der Waals surface area contributed by atoms with E-state index >= 15 is 0 Å². The summed E-state index contributed by atoms with van der Waals surface area (Å²) in [4.78, 5) is 26.8. The summed E-state index contributed by atoms with van der Waals surface area (Å²) in [6.07, 6.45) is 4.74. The van der Waals surface area contributed by atoms with Gasteiger partial charge in [-0.25, -0.2) is 0 Å². The van der Waals surface area contributed by atoms with Gasteiger partial charge >= 0.3 is 0 Å². The highest BCUT2D eigenvalue weighted by Crippen LogP contribution is 2.27. The second kappa shape index (κ2) is 9.22. The molecule has 1 heterocycles. The summed E-state index contributed by atoms with van der Waals surface area (Å²) in [5, 5.41) is 2.98. The van der Waals surface area contributed by atoms with Crippen LogP contribution in [0, 0.1) is 12.8 Å². The Hall–Kier alpha value is -3.08. The van der Waals surface area contributed by atoms with E-state index in [4.69, 9.17) is 4.74 Å². The third-order valence-electron chi connectivity index (χ3n) is 5.01. The molecule has 3 rings (SSSR count). The quantitative estimate of drug-likeness (QED) is 0.803. The minimum absolute atomic E-state index is 0.0111. The molecule has 1 aliphatic rings. The lowest BCUT2D eigenvalue weighted by atomic mass is 9.95. The molecule has 0 aliphatic carbocycles. The fourth-order valence-corrected chi connectivity index (χ4v) is 3.35. The summed E-state index contributed by atoms with van der Waals surface area (Å²) in [6, 6.07) is 15.5. The lowest BCUT2D eigenvalue weighted by Gasteiger charge is -2.30. The number of nitrogens with zero attached hydrogens (tertiary/aromatic N) is 1. The minimum Gasteiger partial charge on any atom is -0.495 e. The number of aryl methyl sites for hydroxylation is 1. The highest BCUT2D eigenvalue weighted by Gasteiger charge is 2.27. The zero-order valence-corrected chi connectivity index (χ0v) is 16.4. The van der Waals surface area contributed by atoms with Gasteiger partial charge in [0.15, 0.2) is 0 Å². The summed E-state index contributed by atoms with van der Waals surface area (Å²) in [5.74, 6) is 0.517. The number of nitrogens with one attached hydrogen (secondary N) is 1. The van der Waals surface area contributed by atoms with Crippen LogP contribution in [0.25, 0.3) is 6.08 Å². The van der Waals surface area contributed by atoms with Gasteiger partial charge < -0.3 is 15.0 Å². The number of carbonyl (C=O) groups is 2. The second-order valence-corrected chi connectivity index (χ2v) is 7.04. The second-order valence-electron chi connectivity index (χ2n) is 7.04. The molecule has 0 unspecified atom stereocenters. The molecule has 0 saturated carbocycles. The third kappa shape index (κ3) is 5.00. The topological polar surface area (TPSA) is 58.6 Å². The number of amides is 2. The minimum atomic E-state index is -0.104. The Morgan fingerprint density at radius 1 is 1.11 bits per heavy atom. The van der Waals surface area contributed by atoms with E-state index in [9.17, 15) is 9.59 Å². The van der Waals surface area contributed by atoms with Crippen LogP contribution in [0.15, 0.2) is 54.6 Å². The Kier molecular flexibility index (Phi) is 6.48. The smallest absolute Gasteiger partial charge is 0.246 e. The number of likely N-dealkylation sites (tertiary alicyclic amines) is 1. The van der Waals surface area contributed by atoms with Crippen molar-refractivity contribution in [1.29, 1.82) is 0 Å². The van der Waals surface area contributed by atoms with Crippen LogP contribution in [-0.2, 0) is 9.59 Å². The SMILES string of the molecule is COc1ccc(C)cc1NC(=O)C1CCN(C(=O)/C=C/c2ccccc2)CC1. The Balaban J connectivity index is 1.53. The molecule has 0 aromatic heterocycles. The van der Waals surface area contributed by atoms with Crippen LogP contribution in [-0.4, -0.2) is 36.9 Å². The number of carbonyl (C=O) groups excluding carboxylic acids is 2. The summed E-state index contributed by atoms with van der Waals surface area (Å²) in [6.45, 7) is 3.14. The first-order chi connectivity index (χ1) is 13.6. The van der Waals surface area contributed by atoms with Crippen molar-refractivity contribution in [1.82, 2.24) is 4.90 Å². The molecule has 2 aromatic carbocycles. The molecule has 2 amide bonds. The maximum absolute atomic E-state index is 12.7. The number of benzene rings is 2. The van der Waals surface area contributed by atoms with Crippen LogP contribution in [0.5, 0.6) is 5.75 Å². The molecule has 0 atom stereocenters. The van der Waals surface area contributed by atoms with Crippen LogP contribution in [0.4, 0.5) is 5.69 Å². The maximum atomic E-state index is 12.7. The average molecular weight is 378 g/mol. The van der Waals surface area contributed by atoms with E-state index in [1.54, 1.807) is 18.1 Å². The van der Waals surface area contributed by atoms with Gasteiger partial charge in [-0.1, -0.05) is 36.4 Å². The molecule has 146 valence electrons. The molecule has 0 bridgehead atoms. The van der Waals surface area contributed by atoms with Crippen molar-refractivity contribution in [2.24, 2.45) is 5.92 Å². The highest BCUT2D eigenvalue weighted by atomic mass is 16.5. The predicted octanol–water partition coefficient (Wildman–Crippen LogP) is 3.89. The first-order valence-corrected chi connectivity index (χ1v) is 9.54. The average Bonchev–Trinajstić information content (AvgIpc) is 2.73. The van der Waals surface area contributed by atoms with Gasteiger partial charge in [-0.05, 0) is 49.1 Å². The van der Waals surface area contributed by atoms with E-state index in [0.717, 1.165) is 11.1 Å². The summed E-state index contributed by atoms with van der Waals surface area (Å²) >= 11 is 0. The van der Waals surface area contributed by atoms with Gasteiger partial charge in [-0.15, -0.1) is 0 Å². The van der Waals surface area contributed by atoms with Crippen molar-refractivity contribution in [3.05, 3.63) is 65.7 Å². The molecule has 1 N–H and O–H groups in total. The van der Waals surface area contributed by atoms with Gasteiger partial charge in [0.25, 0.3) is 0 Å². The fraction of sp³-hybridized carbons (Fsp3) is 0.304. The van der Waals surface area contributed by atoms with Gasteiger partial charge in [0.2, 0.25) is 11.8 Å². The van der Waals surface area contributed by atoms with Crippen LogP contribution in [0.2, 0.25) is 0 Å². The molecule has 1 saturated heterocycles. The number of methoxy groups -OCH3 is 1. The van der Waals surface area contributed by atoms with Crippen molar-refractivity contribution in [2.45, 2.75) is 19.8 Å². The zero-order valence-electron chi connectivity index (χ0n) is 16.4. The van der Waals surface area contributed by atoms with E-state index in [1.165, 1.54) is 0 Å². The van der Waals surface area contributed by atoms with Gasteiger partial charge in [0, 0.05) is 25.1 Å². The molecule has 5 nitrogen and oxygen atoms in total. The van der Waals surface area contributed by atoms with Crippen molar-refractivity contribution in [3.8, 4) is 5.75 Å². The lowest BCUT2D eigenvalue weighted by molar-refractivity contribution is -0.130. The molecule has 0 spiro atoms. The van der Waals surface area contributed by atoms with Crippen LogP contribution in [0.1, 0.15) is 24.0 Å². The Bertz CT molecular complexity index is 853. The van der Waals surface area contributed by atoms with E-state index in [0.29, 0.717) is 37.4 Å². The van der Waals surface area contributed by atoms with E-state index in [1.807, 2.05) is 61.5 Å². The lowest BCUT2D eigenvalue weighted by Crippen LogP contribution is -2.40. The molecule has 0 radical (unpaired) electrons. The molecule has 28 heavy (non-hydrogen) atoms. The Morgan fingerprint density at radius 2 is 1.82 bits per heavy atom. The van der Waals surface area contributed by atoms with E-state index in [-0.39, 0.29) is 17.7 Å². The Labute approximate surface area is 166 Å². The highest BCUT2D eigenvalue weighted by molar-refractivity contribution is 5.95. The number of piperidine rings is 1. The first-order valence-electron chi connectivity index (χ1n) is 9.54. The van der Waals surface area contributed by atoms with Gasteiger partial charge in [0.05, 0.1) is 12.8 Å². The molecular weight excluding hydrogens is 352 g/mol. The predicted molar refractivity (Wildman–Crippen MR) is 111 cm³/mol. The standard InChI is InChI=1S/C23H26N2O3/c1-17-8-10-21(28-2)20(16-17)24-23(27)19-12-14-25(15-13-19)22(26)11-9-18-6-4-3-5-7-18/h3-11,16,19H,12-15H2,1-2H3,(H,24,27)/b11-9+. The number of hydrogen-bond donors (Lipinski definition) is 1.